The number of rotatable bonds is 4. The molecule has 2 amide bonds. The number of hydrogen-bond donors (Lipinski definition) is 2. The lowest BCUT2D eigenvalue weighted by atomic mass is 9.93. The third-order valence-electron chi connectivity index (χ3n) is 6.81. The number of imide groups is 1. The first-order valence-corrected chi connectivity index (χ1v) is 11.1. The van der Waals surface area contributed by atoms with E-state index < -0.39 is 0 Å². The molecule has 0 radical (unpaired) electrons. The first kappa shape index (κ1) is 19.5. The molecule has 5 rings (SSSR count). The van der Waals surface area contributed by atoms with Crippen LogP contribution in [0.1, 0.15) is 30.9 Å². The summed E-state index contributed by atoms with van der Waals surface area (Å²) in [5.74, 6) is -0.0642. The smallest absolute Gasteiger partial charge is 0.235 e. The summed E-state index contributed by atoms with van der Waals surface area (Å²) in [6.07, 6.45) is 2.13. The number of carbonyl (C=O) groups is 2. The third kappa shape index (κ3) is 3.70. The molecule has 3 fully saturated rings. The van der Waals surface area contributed by atoms with Crippen LogP contribution in [0.3, 0.4) is 0 Å². The number of hydrogen-bond acceptors (Lipinski definition) is 6. The summed E-state index contributed by atoms with van der Waals surface area (Å²) in [7, 11) is 1.93. The Hall–Kier alpha value is -2.45. The topological polar surface area (TPSA) is 82.5 Å². The molecule has 8 heteroatoms. The Kier molecular flexibility index (Phi) is 5.20. The lowest BCUT2D eigenvalue weighted by Crippen LogP contribution is -2.45. The maximum absolute atomic E-state index is 12.3. The summed E-state index contributed by atoms with van der Waals surface area (Å²) in [5, 5.41) is 11.5. The SMILES string of the molecule is Cn1nc(C2CCC(=O)NC2=O)c2ccc(N3CCC(CN4CCNCC4)C3)cc21. The second kappa shape index (κ2) is 8.00. The minimum Gasteiger partial charge on any atom is -0.371 e. The van der Waals surface area contributed by atoms with Gasteiger partial charge in [-0.15, -0.1) is 0 Å². The van der Waals surface area contributed by atoms with Crippen molar-refractivity contribution in [1.29, 1.82) is 0 Å². The highest BCUT2D eigenvalue weighted by atomic mass is 16.2. The van der Waals surface area contributed by atoms with Gasteiger partial charge in [-0.2, -0.15) is 5.10 Å². The molecule has 0 spiro atoms. The van der Waals surface area contributed by atoms with Gasteiger partial charge in [-0.05, 0) is 37.0 Å². The van der Waals surface area contributed by atoms with Crippen LogP contribution in [0.25, 0.3) is 10.9 Å². The van der Waals surface area contributed by atoms with Crippen molar-refractivity contribution in [3.8, 4) is 0 Å². The van der Waals surface area contributed by atoms with Gasteiger partial charge in [0.25, 0.3) is 0 Å². The van der Waals surface area contributed by atoms with Crippen LogP contribution in [0.5, 0.6) is 0 Å². The van der Waals surface area contributed by atoms with Crippen molar-refractivity contribution in [3.63, 3.8) is 0 Å². The van der Waals surface area contributed by atoms with E-state index in [-0.39, 0.29) is 17.7 Å². The number of piperazine rings is 1. The summed E-state index contributed by atoms with van der Waals surface area (Å²) < 4.78 is 1.87. The Morgan fingerprint density at radius 3 is 2.77 bits per heavy atom. The Morgan fingerprint density at radius 1 is 1.13 bits per heavy atom. The number of amides is 2. The van der Waals surface area contributed by atoms with Crippen LogP contribution in [0, 0.1) is 5.92 Å². The van der Waals surface area contributed by atoms with Crippen molar-refractivity contribution < 1.29 is 9.59 Å². The summed E-state index contributed by atoms with van der Waals surface area (Å²) in [6, 6.07) is 6.46. The van der Waals surface area contributed by atoms with Crippen molar-refractivity contribution in [3.05, 3.63) is 23.9 Å². The predicted octanol–water partition coefficient (Wildman–Crippen LogP) is 0.825. The maximum atomic E-state index is 12.3. The molecule has 1 aromatic heterocycles. The zero-order valence-electron chi connectivity index (χ0n) is 17.6. The minimum atomic E-state index is -0.354. The van der Waals surface area contributed by atoms with Crippen LogP contribution in [0.4, 0.5) is 5.69 Å². The second-order valence-electron chi connectivity index (χ2n) is 8.87. The largest absolute Gasteiger partial charge is 0.371 e. The number of anilines is 1. The van der Waals surface area contributed by atoms with Crippen molar-refractivity contribution in [2.45, 2.75) is 25.2 Å². The zero-order chi connectivity index (χ0) is 20.7. The van der Waals surface area contributed by atoms with Crippen LogP contribution in [0.15, 0.2) is 18.2 Å². The van der Waals surface area contributed by atoms with E-state index in [1.54, 1.807) is 0 Å². The fraction of sp³-hybridized carbons (Fsp3) is 0.591. The van der Waals surface area contributed by atoms with Crippen LogP contribution in [-0.4, -0.2) is 72.3 Å². The highest BCUT2D eigenvalue weighted by molar-refractivity contribution is 6.02. The molecule has 3 saturated heterocycles. The van der Waals surface area contributed by atoms with Crippen molar-refractivity contribution in [1.82, 2.24) is 25.3 Å². The van der Waals surface area contributed by atoms with Gasteiger partial charge in [-0.3, -0.25) is 19.6 Å². The Labute approximate surface area is 176 Å². The Balaban J connectivity index is 1.32. The van der Waals surface area contributed by atoms with E-state index in [4.69, 9.17) is 0 Å². The summed E-state index contributed by atoms with van der Waals surface area (Å²) in [4.78, 5) is 28.9. The average Bonchev–Trinajstić information content (AvgIpc) is 3.33. The molecule has 2 N–H and O–H groups in total. The minimum absolute atomic E-state index is 0.192. The normalized spacial score (nSPS) is 25.8. The number of benzene rings is 1. The molecule has 4 heterocycles. The molecule has 2 aromatic rings. The van der Waals surface area contributed by atoms with E-state index >= 15 is 0 Å². The van der Waals surface area contributed by atoms with Gasteiger partial charge in [0.1, 0.15) is 0 Å². The quantitative estimate of drug-likeness (QED) is 0.727. The fourth-order valence-electron chi connectivity index (χ4n) is 5.16. The van der Waals surface area contributed by atoms with Crippen molar-refractivity contribution in [2.24, 2.45) is 13.0 Å². The number of carbonyl (C=O) groups excluding carboxylic acids is 2. The summed E-state index contributed by atoms with van der Waals surface area (Å²) >= 11 is 0. The van der Waals surface area contributed by atoms with Gasteiger partial charge in [0.2, 0.25) is 11.8 Å². The molecule has 0 saturated carbocycles. The standard InChI is InChI=1S/C22H30N6O2/c1-26-19-12-16(28-9-6-15(14-28)13-27-10-7-23-8-11-27)2-3-17(19)21(25-26)18-4-5-20(29)24-22(18)30/h2-3,12,15,18,23H,4-11,13-14H2,1H3,(H,24,29,30). The first-order valence-electron chi connectivity index (χ1n) is 11.1. The number of nitrogens with zero attached hydrogens (tertiary/aromatic N) is 4. The molecule has 3 aliphatic heterocycles. The molecule has 8 nitrogen and oxygen atoms in total. The van der Waals surface area contributed by atoms with Gasteiger partial charge in [-0.1, -0.05) is 0 Å². The summed E-state index contributed by atoms with van der Waals surface area (Å²) in [5.41, 5.74) is 3.04. The van der Waals surface area contributed by atoms with Crippen LogP contribution >= 0.6 is 0 Å². The molecule has 0 bridgehead atoms. The van der Waals surface area contributed by atoms with Crippen LogP contribution in [-0.2, 0) is 16.6 Å². The number of nitrogens with one attached hydrogen (secondary N) is 2. The highest BCUT2D eigenvalue weighted by Gasteiger charge is 2.32. The van der Waals surface area contributed by atoms with Gasteiger partial charge >= 0.3 is 0 Å². The number of aromatic nitrogens is 2. The molecule has 30 heavy (non-hydrogen) atoms. The van der Waals surface area contributed by atoms with Crippen molar-refractivity contribution >= 4 is 28.4 Å². The predicted molar refractivity (Wildman–Crippen MR) is 115 cm³/mol. The highest BCUT2D eigenvalue weighted by Crippen LogP contribution is 2.33. The number of fused-ring (bicyclic) bond motifs is 1. The van der Waals surface area contributed by atoms with Gasteiger partial charge in [0, 0.05) is 70.4 Å². The van der Waals surface area contributed by atoms with Crippen LogP contribution in [0.2, 0.25) is 0 Å². The molecule has 2 atom stereocenters. The summed E-state index contributed by atoms with van der Waals surface area (Å²) in [6.45, 7) is 7.87. The maximum Gasteiger partial charge on any atom is 0.235 e. The van der Waals surface area contributed by atoms with Gasteiger partial charge in [-0.25, -0.2) is 0 Å². The second-order valence-corrected chi connectivity index (χ2v) is 8.87. The Bertz CT molecular complexity index is 964. The number of piperidine rings is 1. The monoisotopic (exact) mass is 410 g/mol. The van der Waals surface area contributed by atoms with Gasteiger partial charge in [0.05, 0.1) is 17.1 Å². The molecule has 1 aromatic carbocycles. The molecule has 160 valence electrons. The number of aryl methyl sites for hydroxylation is 1. The van der Waals surface area contributed by atoms with Gasteiger partial charge in [0.15, 0.2) is 0 Å². The van der Waals surface area contributed by atoms with E-state index in [1.807, 2.05) is 11.7 Å². The lowest BCUT2D eigenvalue weighted by molar-refractivity contribution is -0.134. The zero-order valence-corrected chi connectivity index (χ0v) is 17.6. The lowest BCUT2D eigenvalue weighted by Gasteiger charge is -2.29. The van der Waals surface area contributed by atoms with Crippen LogP contribution < -0.4 is 15.5 Å². The van der Waals surface area contributed by atoms with E-state index in [1.165, 1.54) is 18.7 Å². The average molecular weight is 411 g/mol. The third-order valence-corrected chi connectivity index (χ3v) is 6.81. The molecular formula is C22H30N6O2. The fourth-order valence-corrected chi connectivity index (χ4v) is 5.16. The van der Waals surface area contributed by atoms with Gasteiger partial charge < -0.3 is 15.1 Å². The Morgan fingerprint density at radius 2 is 1.97 bits per heavy atom. The molecule has 0 aliphatic carbocycles. The van der Waals surface area contributed by atoms with E-state index in [0.29, 0.717) is 18.8 Å². The molecule has 3 aliphatic rings. The van der Waals surface area contributed by atoms with E-state index in [0.717, 1.165) is 55.9 Å². The van der Waals surface area contributed by atoms with E-state index in [2.05, 4.69) is 43.7 Å². The van der Waals surface area contributed by atoms with Crippen molar-refractivity contribution in [2.75, 3.05) is 50.7 Å². The molecule has 2 unspecified atom stereocenters. The first-order chi connectivity index (χ1) is 14.6. The van der Waals surface area contributed by atoms with E-state index in [9.17, 15) is 9.59 Å². The molecular weight excluding hydrogens is 380 g/mol.